The first-order valence-corrected chi connectivity index (χ1v) is 8.31. The van der Waals surface area contributed by atoms with Crippen molar-refractivity contribution in [3.8, 4) is 0 Å². The molecule has 3 rings (SSSR count). The third-order valence-corrected chi connectivity index (χ3v) is 5.27. The number of hydrogen-bond acceptors (Lipinski definition) is 3. The SMILES string of the molecule is O=C(NCC1(CCO)CC1)C1CCCN(C(=O)C2CC2)C1. The van der Waals surface area contributed by atoms with E-state index in [2.05, 4.69) is 5.32 Å². The molecule has 2 saturated carbocycles. The van der Waals surface area contributed by atoms with Gasteiger partial charge in [-0.1, -0.05) is 0 Å². The van der Waals surface area contributed by atoms with Gasteiger partial charge in [-0.15, -0.1) is 0 Å². The Bertz CT molecular complexity index is 416. The van der Waals surface area contributed by atoms with E-state index < -0.39 is 0 Å². The van der Waals surface area contributed by atoms with Crippen LogP contribution in [0.5, 0.6) is 0 Å². The Morgan fingerprint density at radius 3 is 2.57 bits per heavy atom. The molecule has 0 aromatic carbocycles. The molecule has 1 heterocycles. The molecule has 2 amide bonds. The Balaban J connectivity index is 1.46. The average molecular weight is 294 g/mol. The van der Waals surface area contributed by atoms with Crippen molar-refractivity contribution < 1.29 is 14.7 Å². The van der Waals surface area contributed by atoms with Crippen molar-refractivity contribution in [3.05, 3.63) is 0 Å². The van der Waals surface area contributed by atoms with Crippen LogP contribution in [0.4, 0.5) is 0 Å². The zero-order chi connectivity index (χ0) is 14.9. The number of amides is 2. The second-order valence-electron chi connectivity index (χ2n) is 7.09. The largest absolute Gasteiger partial charge is 0.396 e. The molecule has 1 saturated heterocycles. The van der Waals surface area contributed by atoms with Gasteiger partial charge in [0, 0.05) is 32.2 Å². The Labute approximate surface area is 126 Å². The van der Waals surface area contributed by atoms with E-state index in [0.717, 1.165) is 51.5 Å². The Morgan fingerprint density at radius 2 is 1.95 bits per heavy atom. The molecule has 1 aliphatic heterocycles. The molecule has 3 fully saturated rings. The van der Waals surface area contributed by atoms with Gasteiger partial charge in [0.15, 0.2) is 0 Å². The number of rotatable bonds is 6. The molecule has 0 bridgehead atoms. The first kappa shape index (κ1) is 14.8. The summed E-state index contributed by atoms with van der Waals surface area (Å²) in [6.07, 6.45) is 6.84. The number of piperidine rings is 1. The minimum atomic E-state index is -0.0497. The number of carbonyl (C=O) groups excluding carboxylic acids is 2. The normalized spacial score (nSPS) is 27.3. The van der Waals surface area contributed by atoms with Crippen LogP contribution in [0.1, 0.15) is 44.9 Å². The molecular formula is C16H26N2O3. The molecule has 2 N–H and O–H groups in total. The van der Waals surface area contributed by atoms with Crippen LogP contribution in [0, 0.1) is 17.3 Å². The summed E-state index contributed by atoms with van der Waals surface area (Å²) in [6.45, 7) is 2.28. The van der Waals surface area contributed by atoms with E-state index in [1.54, 1.807) is 0 Å². The first-order chi connectivity index (χ1) is 10.1. The van der Waals surface area contributed by atoms with Gasteiger partial charge in [-0.05, 0) is 50.4 Å². The molecule has 0 radical (unpaired) electrons. The monoisotopic (exact) mass is 294 g/mol. The van der Waals surface area contributed by atoms with Crippen LogP contribution in [-0.2, 0) is 9.59 Å². The fourth-order valence-electron chi connectivity index (χ4n) is 3.33. The zero-order valence-electron chi connectivity index (χ0n) is 12.6. The fourth-order valence-corrected chi connectivity index (χ4v) is 3.33. The summed E-state index contributed by atoms with van der Waals surface area (Å²) in [5, 5.41) is 12.1. The van der Waals surface area contributed by atoms with E-state index in [-0.39, 0.29) is 35.7 Å². The van der Waals surface area contributed by atoms with E-state index in [1.807, 2.05) is 4.90 Å². The van der Waals surface area contributed by atoms with Gasteiger partial charge in [0.25, 0.3) is 0 Å². The second-order valence-corrected chi connectivity index (χ2v) is 7.09. The molecule has 1 atom stereocenters. The Morgan fingerprint density at radius 1 is 1.19 bits per heavy atom. The standard InChI is InChI=1S/C16H26N2O3/c19-9-7-16(5-6-16)11-17-14(20)13-2-1-8-18(10-13)15(21)12-3-4-12/h12-13,19H,1-11H2,(H,17,20). The van der Waals surface area contributed by atoms with Gasteiger partial charge in [-0.25, -0.2) is 0 Å². The third-order valence-electron chi connectivity index (χ3n) is 5.27. The summed E-state index contributed by atoms with van der Waals surface area (Å²) in [5.41, 5.74) is 0.155. The minimum Gasteiger partial charge on any atom is -0.396 e. The quantitative estimate of drug-likeness (QED) is 0.765. The molecule has 5 heteroatoms. The van der Waals surface area contributed by atoms with Crippen molar-refractivity contribution in [1.29, 1.82) is 0 Å². The second kappa shape index (κ2) is 5.95. The highest BCUT2D eigenvalue weighted by Crippen LogP contribution is 2.47. The Kier molecular flexibility index (Phi) is 4.20. The maximum absolute atomic E-state index is 12.3. The number of nitrogens with zero attached hydrogens (tertiary/aromatic N) is 1. The number of carbonyl (C=O) groups is 2. The van der Waals surface area contributed by atoms with E-state index >= 15 is 0 Å². The smallest absolute Gasteiger partial charge is 0.225 e. The Hall–Kier alpha value is -1.10. The summed E-state index contributed by atoms with van der Waals surface area (Å²) in [6, 6.07) is 0. The van der Waals surface area contributed by atoms with E-state index in [0.29, 0.717) is 13.1 Å². The lowest BCUT2D eigenvalue weighted by atomic mass is 9.96. The molecule has 5 nitrogen and oxygen atoms in total. The van der Waals surface area contributed by atoms with Crippen LogP contribution >= 0.6 is 0 Å². The van der Waals surface area contributed by atoms with Crippen molar-refractivity contribution in [1.82, 2.24) is 10.2 Å². The summed E-state index contributed by atoms with van der Waals surface area (Å²) in [4.78, 5) is 26.3. The van der Waals surface area contributed by atoms with Gasteiger partial charge >= 0.3 is 0 Å². The maximum Gasteiger partial charge on any atom is 0.225 e. The van der Waals surface area contributed by atoms with Crippen molar-refractivity contribution in [3.63, 3.8) is 0 Å². The van der Waals surface area contributed by atoms with Gasteiger partial charge in [0.2, 0.25) is 11.8 Å². The number of hydrogen-bond donors (Lipinski definition) is 2. The summed E-state index contributed by atoms with van der Waals surface area (Å²) >= 11 is 0. The lowest BCUT2D eigenvalue weighted by molar-refractivity contribution is -0.136. The predicted octanol–water partition coefficient (Wildman–Crippen LogP) is 0.914. The topological polar surface area (TPSA) is 69.6 Å². The first-order valence-electron chi connectivity index (χ1n) is 8.31. The van der Waals surface area contributed by atoms with Crippen LogP contribution in [0.3, 0.4) is 0 Å². The highest BCUT2D eigenvalue weighted by atomic mass is 16.3. The van der Waals surface area contributed by atoms with Gasteiger partial charge < -0.3 is 15.3 Å². The molecule has 0 aromatic rings. The van der Waals surface area contributed by atoms with Crippen molar-refractivity contribution in [2.75, 3.05) is 26.2 Å². The van der Waals surface area contributed by atoms with Gasteiger partial charge in [-0.2, -0.15) is 0 Å². The number of nitrogens with one attached hydrogen (secondary N) is 1. The van der Waals surface area contributed by atoms with Crippen LogP contribution in [-0.4, -0.2) is 48.1 Å². The molecule has 0 spiro atoms. The van der Waals surface area contributed by atoms with Crippen LogP contribution in [0.2, 0.25) is 0 Å². The zero-order valence-corrected chi connectivity index (χ0v) is 12.6. The molecule has 118 valence electrons. The van der Waals surface area contributed by atoms with E-state index in [1.165, 1.54) is 0 Å². The minimum absolute atomic E-state index is 0.0497. The van der Waals surface area contributed by atoms with Crippen molar-refractivity contribution >= 4 is 11.8 Å². The van der Waals surface area contributed by atoms with Crippen molar-refractivity contribution in [2.24, 2.45) is 17.3 Å². The molecule has 2 aliphatic carbocycles. The van der Waals surface area contributed by atoms with E-state index in [4.69, 9.17) is 5.11 Å². The predicted molar refractivity (Wildman–Crippen MR) is 78.4 cm³/mol. The van der Waals surface area contributed by atoms with Crippen molar-refractivity contribution in [2.45, 2.75) is 44.9 Å². The summed E-state index contributed by atoms with van der Waals surface area (Å²) < 4.78 is 0. The molecular weight excluding hydrogens is 268 g/mol. The summed E-state index contributed by atoms with van der Waals surface area (Å²) in [7, 11) is 0. The third kappa shape index (κ3) is 3.57. The highest BCUT2D eigenvalue weighted by molar-refractivity contribution is 5.83. The van der Waals surface area contributed by atoms with Crippen LogP contribution < -0.4 is 5.32 Å². The average Bonchev–Trinajstić information content (AvgIpc) is 3.39. The molecule has 21 heavy (non-hydrogen) atoms. The molecule has 1 unspecified atom stereocenters. The van der Waals surface area contributed by atoms with Gasteiger partial charge in [-0.3, -0.25) is 9.59 Å². The molecule has 0 aromatic heterocycles. The number of aliphatic hydroxyl groups excluding tert-OH is 1. The highest BCUT2D eigenvalue weighted by Gasteiger charge is 2.42. The lowest BCUT2D eigenvalue weighted by Crippen LogP contribution is -2.46. The van der Waals surface area contributed by atoms with Gasteiger partial charge in [0.1, 0.15) is 0 Å². The number of aliphatic hydroxyl groups is 1. The fraction of sp³-hybridized carbons (Fsp3) is 0.875. The number of likely N-dealkylation sites (tertiary alicyclic amines) is 1. The maximum atomic E-state index is 12.3. The molecule has 3 aliphatic rings. The van der Waals surface area contributed by atoms with Gasteiger partial charge in [0.05, 0.1) is 5.92 Å². The van der Waals surface area contributed by atoms with Crippen LogP contribution in [0.25, 0.3) is 0 Å². The van der Waals surface area contributed by atoms with E-state index in [9.17, 15) is 9.59 Å². The summed E-state index contributed by atoms with van der Waals surface area (Å²) in [5.74, 6) is 0.538. The van der Waals surface area contributed by atoms with Crippen LogP contribution in [0.15, 0.2) is 0 Å². The lowest BCUT2D eigenvalue weighted by Gasteiger charge is -2.32.